The number of benzene rings is 1. The van der Waals surface area contributed by atoms with E-state index in [-0.39, 0.29) is 24.2 Å². The number of nitrogens with one attached hydrogen (secondary N) is 3. The number of fused-ring (bicyclic) bond motifs is 3. The molecule has 5 rings (SSSR count). The van der Waals surface area contributed by atoms with Gasteiger partial charge in [-0.15, -0.1) is 0 Å². The summed E-state index contributed by atoms with van der Waals surface area (Å²) in [5.41, 5.74) is 3.06. The van der Waals surface area contributed by atoms with E-state index in [4.69, 9.17) is 0 Å². The molecule has 3 aromatic rings. The fourth-order valence-electron chi connectivity index (χ4n) is 6.37. The first-order valence-corrected chi connectivity index (χ1v) is 14.4. The Morgan fingerprint density at radius 1 is 1.18 bits per heavy atom. The largest absolute Gasteiger partial charge is 0.390 e. The van der Waals surface area contributed by atoms with E-state index in [0.29, 0.717) is 31.0 Å². The van der Waals surface area contributed by atoms with E-state index < -0.39 is 24.3 Å². The van der Waals surface area contributed by atoms with Gasteiger partial charge in [-0.3, -0.25) is 9.59 Å². The van der Waals surface area contributed by atoms with Crippen molar-refractivity contribution in [2.45, 2.75) is 96.1 Å². The first kappa shape index (κ1) is 27.4. The van der Waals surface area contributed by atoms with Gasteiger partial charge in [0.25, 0.3) is 5.91 Å². The minimum Gasteiger partial charge on any atom is -0.390 e. The van der Waals surface area contributed by atoms with E-state index in [9.17, 15) is 19.8 Å². The second-order valence-electron chi connectivity index (χ2n) is 11.8. The number of carbonyl (C=O) groups excluding carboxylic acids is 2. The highest BCUT2D eigenvalue weighted by Gasteiger charge is 2.40. The minimum absolute atomic E-state index is 0.208. The number of nitrogens with zero attached hydrogens (tertiary/aromatic N) is 2. The molecule has 2 amide bonds. The number of hydrogen-bond acceptors (Lipinski definition) is 5. The van der Waals surface area contributed by atoms with E-state index in [2.05, 4.69) is 20.3 Å². The fourth-order valence-corrected chi connectivity index (χ4v) is 6.37. The quantitative estimate of drug-likeness (QED) is 0.255. The Hall–Kier alpha value is -3.17. The highest BCUT2D eigenvalue weighted by Crippen LogP contribution is 2.33. The standard InChI is InChI=1S/C30H41N5O4/c1-18(2)12-26(36)28(37)24(13-19-8-4-3-5-9-19)34-29(38)25(14-20-15-31-17-32-20)35-16-22-21-10-6-7-11-23(21)33-27(22)30(35)39/h6-7,10-11,15,17-19,24-26,28,33,36-37H,3-5,8-9,12-14,16H2,1-2H3,(H,31,32)(H,34,38). The summed E-state index contributed by atoms with van der Waals surface area (Å²) in [6.45, 7) is 4.32. The third kappa shape index (κ3) is 6.04. The summed E-state index contributed by atoms with van der Waals surface area (Å²) in [4.78, 5) is 39.6. The van der Waals surface area contributed by atoms with Crippen molar-refractivity contribution in [3.8, 4) is 0 Å². The van der Waals surface area contributed by atoms with Crippen LogP contribution in [-0.2, 0) is 17.8 Å². The Bertz CT molecular complexity index is 1260. The molecular formula is C30H41N5O4. The summed E-state index contributed by atoms with van der Waals surface area (Å²) < 4.78 is 0. The number of aliphatic hydroxyl groups excluding tert-OH is 2. The molecule has 3 heterocycles. The van der Waals surface area contributed by atoms with Crippen molar-refractivity contribution in [2.24, 2.45) is 11.8 Å². The average molecular weight is 536 g/mol. The molecule has 1 aliphatic carbocycles. The van der Waals surface area contributed by atoms with Gasteiger partial charge in [0, 0.05) is 41.3 Å². The molecule has 0 radical (unpaired) electrons. The van der Waals surface area contributed by atoms with Crippen molar-refractivity contribution in [1.82, 2.24) is 25.2 Å². The van der Waals surface area contributed by atoms with Crippen LogP contribution in [0.25, 0.3) is 10.9 Å². The molecule has 0 spiro atoms. The van der Waals surface area contributed by atoms with E-state index in [1.54, 1.807) is 17.4 Å². The lowest BCUT2D eigenvalue weighted by molar-refractivity contribution is -0.128. The molecule has 4 unspecified atom stereocenters. The molecule has 39 heavy (non-hydrogen) atoms. The number of amides is 2. The smallest absolute Gasteiger partial charge is 0.271 e. The second kappa shape index (κ2) is 11.9. The molecule has 0 saturated heterocycles. The maximum absolute atomic E-state index is 14.0. The lowest BCUT2D eigenvalue weighted by atomic mass is 9.82. The van der Waals surface area contributed by atoms with Crippen LogP contribution in [0.5, 0.6) is 0 Å². The SMILES string of the molecule is CC(C)CC(O)C(O)C(CC1CCCCC1)NC(=O)C(Cc1cnc[nH]1)N1Cc2c([nH]c3ccccc23)C1=O. The van der Waals surface area contributed by atoms with Crippen LogP contribution in [0.2, 0.25) is 0 Å². The number of carbonyl (C=O) groups is 2. The molecule has 2 aromatic heterocycles. The molecular weight excluding hydrogens is 494 g/mol. The third-order valence-electron chi connectivity index (χ3n) is 8.42. The highest BCUT2D eigenvalue weighted by molar-refractivity contribution is 6.05. The molecule has 9 nitrogen and oxygen atoms in total. The van der Waals surface area contributed by atoms with Gasteiger partial charge in [0.1, 0.15) is 17.8 Å². The number of aliphatic hydroxyl groups is 2. The number of H-pyrrole nitrogens is 2. The van der Waals surface area contributed by atoms with E-state index in [0.717, 1.165) is 47.8 Å². The third-order valence-corrected chi connectivity index (χ3v) is 8.42. The van der Waals surface area contributed by atoms with Crippen molar-refractivity contribution in [3.63, 3.8) is 0 Å². The maximum Gasteiger partial charge on any atom is 0.271 e. The number of para-hydroxylation sites is 1. The molecule has 1 aliphatic heterocycles. The van der Waals surface area contributed by atoms with Crippen LogP contribution in [-0.4, -0.2) is 66.2 Å². The van der Waals surface area contributed by atoms with Crippen molar-refractivity contribution < 1.29 is 19.8 Å². The van der Waals surface area contributed by atoms with Crippen molar-refractivity contribution in [3.05, 3.63) is 53.7 Å². The molecule has 0 bridgehead atoms. The Labute approximate surface area is 229 Å². The van der Waals surface area contributed by atoms with Crippen LogP contribution >= 0.6 is 0 Å². The first-order valence-electron chi connectivity index (χ1n) is 14.4. The summed E-state index contributed by atoms with van der Waals surface area (Å²) >= 11 is 0. The molecule has 5 N–H and O–H groups in total. The monoisotopic (exact) mass is 535 g/mol. The zero-order valence-corrected chi connectivity index (χ0v) is 22.9. The van der Waals surface area contributed by atoms with Crippen LogP contribution in [0.15, 0.2) is 36.8 Å². The molecule has 210 valence electrons. The zero-order valence-electron chi connectivity index (χ0n) is 22.9. The van der Waals surface area contributed by atoms with Crippen LogP contribution in [0.4, 0.5) is 0 Å². The summed E-state index contributed by atoms with van der Waals surface area (Å²) in [6, 6.07) is 6.39. The predicted molar refractivity (Wildman–Crippen MR) is 149 cm³/mol. The van der Waals surface area contributed by atoms with Gasteiger partial charge in [-0.25, -0.2) is 4.98 Å². The van der Waals surface area contributed by atoms with Gasteiger partial charge in [0.15, 0.2) is 0 Å². The lowest BCUT2D eigenvalue weighted by Gasteiger charge is -2.35. The summed E-state index contributed by atoms with van der Waals surface area (Å²) in [5, 5.41) is 26.1. The van der Waals surface area contributed by atoms with Crippen LogP contribution in [0.1, 0.15) is 80.5 Å². The van der Waals surface area contributed by atoms with E-state index >= 15 is 0 Å². The Balaban J connectivity index is 1.39. The molecule has 1 saturated carbocycles. The Kier molecular flexibility index (Phi) is 8.37. The predicted octanol–water partition coefficient (Wildman–Crippen LogP) is 3.68. The van der Waals surface area contributed by atoms with Crippen molar-refractivity contribution in [2.75, 3.05) is 0 Å². The summed E-state index contributed by atoms with van der Waals surface area (Å²) in [6.07, 6.45) is 8.14. The fraction of sp³-hybridized carbons (Fsp3) is 0.567. The average Bonchev–Trinajstić information content (AvgIpc) is 3.64. The Morgan fingerprint density at radius 2 is 1.95 bits per heavy atom. The molecule has 1 fully saturated rings. The number of hydrogen-bond donors (Lipinski definition) is 5. The van der Waals surface area contributed by atoms with Crippen LogP contribution < -0.4 is 5.32 Å². The van der Waals surface area contributed by atoms with Gasteiger partial charge >= 0.3 is 0 Å². The van der Waals surface area contributed by atoms with Gasteiger partial charge in [0.05, 0.1) is 18.5 Å². The number of imidazole rings is 1. The molecule has 2 aliphatic rings. The molecule has 9 heteroatoms. The number of rotatable bonds is 11. The van der Waals surface area contributed by atoms with Gasteiger partial charge in [-0.2, -0.15) is 0 Å². The molecule has 1 aromatic carbocycles. The minimum atomic E-state index is -1.09. The first-order chi connectivity index (χ1) is 18.8. The van der Waals surface area contributed by atoms with E-state index in [1.807, 2.05) is 38.1 Å². The Morgan fingerprint density at radius 3 is 2.67 bits per heavy atom. The number of aromatic nitrogens is 3. The maximum atomic E-state index is 14.0. The van der Waals surface area contributed by atoms with Crippen molar-refractivity contribution in [1.29, 1.82) is 0 Å². The van der Waals surface area contributed by atoms with Gasteiger partial charge in [0.2, 0.25) is 5.91 Å². The van der Waals surface area contributed by atoms with E-state index in [1.165, 1.54) is 6.42 Å². The summed E-state index contributed by atoms with van der Waals surface area (Å²) in [7, 11) is 0. The molecule has 4 atom stereocenters. The van der Waals surface area contributed by atoms with Crippen molar-refractivity contribution >= 4 is 22.7 Å². The topological polar surface area (TPSA) is 134 Å². The number of aromatic amines is 2. The summed E-state index contributed by atoms with van der Waals surface area (Å²) in [5.74, 6) is 0.0459. The normalized spacial score (nSPS) is 19.3. The van der Waals surface area contributed by atoms with Crippen LogP contribution in [0.3, 0.4) is 0 Å². The highest BCUT2D eigenvalue weighted by atomic mass is 16.3. The second-order valence-corrected chi connectivity index (χ2v) is 11.8. The van der Waals surface area contributed by atoms with Gasteiger partial charge in [-0.1, -0.05) is 64.2 Å². The lowest BCUT2D eigenvalue weighted by Crippen LogP contribution is -2.56. The van der Waals surface area contributed by atoms with Gasteiger partial charge < -0.3 is 30.4 Å². The zero-order chi connectivity index (χ0) is 27.5. The van der Waals surface area contributed by atoms with Gasteiger partial charge in [-0.05, 0) is 30.7 Å². The van der Waals surface area contributed by atoms with Crippen LogP contribution in [0, 0.1) is 11.8 Å².